The molecule has 8 heteroatoms. The summed E-state index contributed by atoms with van der Waals surface area (Å²) in [5, 5.41) is 6.51. The second kappa shape index (κ2) is 10.1. The van der Waals surface area contributed by atoms with Crippen molar-refractivity contribution in [3.8, 4) is 0 Å². The average molecular weight is 426 g/mol. The van der Waals surface area contributed by atoms with E-state index in [1.165, 1.54) is 18.2 Å². The first-order chi connectivity index (χ1) is 14.9. The number of carbonyl (C=O) groups excluding carboxylic acids is 2. The Kier molecular flexibility index (Phi) is 7.33. The number of aromatic nitrogens is 2. The van der Waals surface area contributed by atoms with Gasteiger partial charge in [0.2, 0.25) is 11.9 Å². The molecule has 0 spiro atoms. The van der Waals surface area contributed by atoms with E-state index >= 15 is 0 Å². The Morgan fingerprint density at radius 1 is 1.32 bits per heavy atom. The Morgan fingerprint density at radius 3 is 2.87 bits per heavy atom. The van der Waals surface area contributed by atoms with Gasteiger partial charge in [-0.25, -0.2) is 9.37 Å². The van der Waals surface area contributed by atoms with E-state index in [1.54, 1.807) is 25.3 Å². The van der Waals surface area contributed by atoms with Crippen molar-refractivity contribution >= 4 is 29.1 Å². The van der Waals surface area contributed by atoms with E-state index in [4.69, 9.17) is 5.73 Å². The summed E-state index contributed by atoms with van der Waals surface area (Å²) in [5.41, 5.74) is 7.43. The molecular formula is C23H28FN5O2. The van der Waals surface area contributed by atoms with Crippen molar-refractivity contribution in [2.75, 3.05) is 10.6 Å². The molecule has 1 aromatic heterocycles. The minimum atomic E-state index is -0.406. The summed E-state index contributed by atoms with van der Waals surface area (Å²) in [7, 11) is 0. The maximum absolute atomic E-state index is 13.8. The topological polar surface area (TPSA) is 110 Å². The first kappa shape index (κ1) is 22.4. The Morgan fingerprint density at radius 2 is 2.13 bits per heavy atom. The van der Waals surface area contributed by atoms with Gasteiger partial charge in [-0.2, -0.15) is 4.98 Å². The second-order valence-electron chi connectivity index (χ2n) is 7.90. The van der Waals surface area contributed by atoms with Gasteiger partial charge in [-0.05, 0) is 62.9 Å². The summed E-state index contributed by atoms with van der Waals surface area (Å²) in [5.74, 6) is 0.0832. The summed E-state index contributed by atoms with van der Waals surface area (Å²) in [6, 6.07) is 4.36. The van der Waals surface area contributed by atoms with Gasteiger partial charge in [-0.3, -0.25) is 9.59 Å². The van der Waals surface area contributed by atoms with E-state index in [1.807, 2.05) is 6.92 Å². The first-order valence-electron chi connectivity index (χ1n) is 10.5. The maximum atomic E-state index is 13.8. The number of nitrogens with zero attached hydrogens (tertiary/aromatic N) is 2. The van der Waals surface area contributed by atoms with Gasteiger partial charge in [-0.15, -0.1) is 0 Å². The molecule has 31 heavy (non-hydrogen) atoms. The highest BCUT2D eigenvalue weighted by atomic mass is 19.1. The first-order valence-corrected chi connectivity index (χ1v) is 10.5. The van der Waals surface area contributed by atoms with E-state index in [0.717, 1.165) is 24.8 Å². The number of hydrogen-bond donors (Lipinski definition) is 3. The van der Waals surface area contributed by atoms with E-state index in [2.05, 4.69) is 20.6 Å². The standard InChI is InChI=1S/C23H28FN5O2/c1-3-5-19(30)12-16-10-17(24)8-9-20(16)28-22-14(2)13-26-23(29-22)27-18-7-4-6-15(11-18)21(25)31/h3,5,8-10,13,15,18H,4,6-7,11-12H2,1-2H3,(H2,25,31)(H2,26,27,28,29)/b5-3+. The lowest BCUT2D eigenvalue weighted by Crippen LogP contribution is -2.34. The molecule has 7 nitrogen and oxygen atoms in total. The largest absolute Gasteiger partial charge is 0.369 e. The van der Waals surface area contributed by atoms with Gasteiger partial charge in [-0.1, -0.05) is 12.5 Å². The van der Waals surface area contributed by atoms with E-state index in [-0.39, 0.29) is 30.1 Å². The van der Waals surface area contributed by atoms with Crippen LogP contribution in [0.3, 0.4) is 0 Å². The third-order valence-electron chi connectivity index (χ3n) is 5.42. The highest BCUT2D eigenvalue weighted by Crippen LogP contribution is 2.27. The Balaban J connectivity index is 1.78. The van der Waals surface area contributed by atoms with E-state index in [0.29, 0.717) is 29.4 Å². The normalized spacial score (nSPS) is 18.7. The van der Waals surface area contributed by atoms with Gasteiger partial charge >= 0.3 is 0 Å². The summed E-state index contributed by atoms with van der Waals surface area (Å²) < 4.78 is 13.8. The van der Waals surface area contributed by atoms with Crippen molar-refractivity contribution in [1.29, 1.82) is 0 Å². The van der Waals surface area contributed by atoms with E-state index < -0.39 is 5.82 Å². The molecule has 0 aliphatic heterocycles. The number of aryl methyl sites for hydroxylation is 1. The molecule has 1 aliphatic rings. The second-order valence-corrected chi connectivity index (χ2v) is 7.90. The molecule has 1 fully saturated rings. The van der Waals surface area contributed by atoms with Gasteiger partial charge in [0.05, 0.1) is 0 Å². The fraction of sp³-hybridized carbons (Fsp3) is 0.391. The van der Waals surface area contributed by atoms with Crippen molar-refractivity contribution in [1.82, 2.24) is 9.97 Å². The molecule has 1 aromatic carbocycles. The van der Waals surface area contributed by atoms with E-state index in [9.17, 15) is 14.0 Å². The smallest absolute Gasteiger partial charge is 0.224 e. The molecule has 3 rings (SSSR count). The van der Waals surface area contributed by atoms with Crippen molar-refractivity contribution < 1.29 is 14.0 Å². The Labute approximate surface area is 181 Å². The molecule has 1 saturated carbocycles. The van der Waals surface area contributed by atoms with Crippen LogP contribution < -0.4 is 16.4 Å². The van der Waals surface area contributed by atoms with Crippen LogP contribution in [0.25, 0.3) is 0 Å². The predicted molar refractivity (Wildman–Crippen MR) is 119 cm³/mol. The number of amides is 1. The third-order valence-corrected chi connectivity index (χ3v) is 5.42. The number of nitrogens with one attached hydrogen (secondary N) is 2. The molecule has 0 saturated heterocycles. The minimum absolute atomic E-state index is 0.0710. The van der Waals surface area contributed by atoms with Crippen LogP contribution in [0.2, 0.25) is 0 Å². The lowest BCUT2D eigenvalue weighted by Gasteiger charge is -2.28. The number of hydrogen-bond acceptors (Lipinski definition) is 6. The number of allylic oxidation sites excluding steroid dienone is 2. The van der Waals surface area contributed by atoms with Crippen LogP contribution in [0, 0.1) is 18.7 Å². The van der Waals surface area contributed by atoms with Crippen LogP contribution in [-0.4, -0.2) is 27.7 Å². The third kappa shape index (κ3) is 6.10. The summed E-state index contributed by atoms with van der Waals surface area (Å²) in [6.45, 7) is 3.63. The fourth-order valence-corrected chi connectivity index (χ4v) is 3.79. The van der Waals surface area contributed by atoms with Gasteiger partial charge < -0.3 is 16.4 Å². The zero-order valence-electron chi connectivity index (χ0n) is 17.8. The van der Waals surface area contributed by atoms with Crippen LogP contribution >= 0.6 is 0 Å². The molecule has 2 unspecified atom stereocenters. The molecule has 4 N–H and O–H groups in total. The van der Waals surface area contributed by atoms with Crippen molar-refractivity contribution in [2.45, 2.75) is 52.0 Å². The minimum Gasteiger partial charge on any atom is -0.369 e. The molecule has 0 bridgehead atoms. The highest BCUT2D eigenvalue weighted by Gasteiger charge is 2.26. The Bertz CT molecular complexity index is 992. The number of halogens is 1. The molecule has 1 heterocycles. The SMILES string of the molecule is C/C=C/C(=O)Cc1cc(F)ccc1Nc1nc(NC2CCCC(C(N)=O)C2)ncc1C. The number of benzene rings is 1. The van der Waals surface area contributed by atoms with Crippen LogP contribution in [0.15, 0.2) is 36.5 Å². The number of anilines is 3. The number of primary amides is 1. The zero-order valence-corrected chi connectivity index (χ0v) is 17.8. The lowest BCUT2D eigenvalue weighted by molar-refractivity contribution is -0.122. The summed E-state index contributed by atoms with van der Waals surface area (Å²) in [6.07, 6.45) is 8.21. The Hall–Kier alpha value is -3.29. The fourth-order valence-electron chi connectivity index (χ4n) is 3.79. The van der Waals surface area contributed by atoms with Gasteiger partial charge in [0.25, 0.3) is 0 Å². The molecule has 1 amide bonds. The van der Waals surface area contributed by atoms with Crippen LogP contribution in [0.5, 0.6) is 0 Å². The number of nitrogens with two attached hydrogens (primary N) is 1. The van der Waals surface area contributed by atoms with Crippen molar-refractivity contribution in [2.24, 2.45) is 11.7 Å². The van der Waals surface area contributed by atoms with Crippen molar-refractivity contribution in [3.05, 3.63) is 53.5 Å². The number of ketones is 1. The summed E-state index contributed by atoms with van der Waals surface area (Å²) in [4.78, 5) is 32.5. The molecular weight excluding hydrogens is 397 g/mol. The molecule has 2 aromatic rings. The number of carbonyl (C=O) groups is 2. The van der Waals surface area contributed by atoms with Gasteiger partial charge in [0.1, 0.15) is 11.6 Å². The number of rotatable bonds is 8. The quantitative estimate of drug-likeness (QED) is 0.555. The zero-order chi connectivity index (χ0) is 22.4. The lowest BCUT2D eigenvalue weighted by atomic mass is 9.85. The predicted octanol–water partition coefficient (Wildman–Crippen LogP) is 3.81. The summed E-state index contributed by atoms with van der Waals surface area (Å²) >= 11 is 0. The van der Waals surface area contributed by atoms with Gasteiger partial charge in [0, 0.05) is 35.8 Å². The average Bonchev–Trinajstić information content (AvgIpc) is 2.72. The van der Waals surface area contributed by atoms with Crippen LogP contribution in [-0.2, 0) is 16.0 Å². The highest BCUT2D eigenvalue weighted by molar-refractivity contribution is 5.92. The molecule has 1 aliphatic carbocycles. The van der Waals surface area contributed by atoms with Crippen LogP contribution in [0.1, 0.15) is 43.7 Å². The van der Waals surface area contributed by atoms with Crippen molar-refractivity contribution in [3.63, 3.8) is 0 Å². The molecule has 164 valence electrons. The molecule has 0 radical (unpaired) electrons. The monoisotopic (exact) mass is 425 g/mol. The van der Waals surface area contributed by atoms with Crippen LogP contribution in [0.4, 0.5) is 21.8 Å². The van der Waals surface area contributed by atoms with Gasteiger partial charge in [0.15, 0.2) is 5.78 Å². The molecule has 2 atom stereocenters. The maximum Gasteiger partial charge on any atom is 0.224 e.